The summed E-state index contributed by atoms with van der Waals surface area (Å²) in [5, 5.41) is 0. The molecule has 102 valence electrons. The Bertz CT molecular complexity index is 880. The highest BCUT2D eigenvalue weighted by molar-refractivity contribution is 7.90. The second kappa shape index (κ2) is 4.35. The van der Waals surface area contributed by atoms with Crippen LogP contribution in [0.4, 0.5) is 5.95 Å². The zero-order valence-electron chi connectivity index (χ0n) is 10.8. The van der Waals surface area contributed by atoms with Gasteiger partial charge in [0.15, 0.2) is 15.8 Å². The minimum Gasteiger partial charge on any atom is -0.369 e. The van der Waals surface area contributed by atoms with Gasteiger partial charge in [-0.3, -0.25) is 0 Å². The Hall–Kier alpha value is -2.34. The summed E-state index contributed by atoms with van der Waals surface area (Å²) in [6.45, 7) is 0. The third-order valence-corrected chi connectivity index (χ3v) is 4.24. The number of hydrogen-bond donors (Lipinski definition) is 2. The highest BCUT2D eigenvalue weighted by Gasteiger charge is 2.08. The number of nitrogens with one attached hydrogen (secondary N) is 1. The lowest BCUT2D eigenvalue weighted by Gasteiger charge is -2.03. The largest absolute Gasteiger partial charge is 0.369 e. The Morgan fingerprint density at radius 1 is 1.05 bits per heavy atom. The van der Waals surface area contributed by atoms with E-state index in [-0.39, 0.29) is 0 Å². The molecule has 6 heteroatoms. The van der Waals surface area contributed by atoms with Gasteiger partial charge in [0, 0.05) is 6.26 Å². The van der Waals surface area contributed by atoms with Gasteiger partial charge in [0.2, 0.25) is 0 Å². The lowest BCUT2D eigenvalue weighted by atomic mass is 10.1. The Labute approximate surface area is 116 Å². The second-order valence-corrected chi connectivity index (χ2v) is 6.67. The van der Waals surface area contributed by atoms with Crippen molar-refractivity contribution in [2.45, 2.75) is 4.90 Å². The van der Waals surface area contributed by atoms with Crippen LogP contribution in [-0.2, 0) is 9.84 Å². The van der Waals surface area contributed by atoms with Gasteiger partial charge in [-0.25, -0.2) is 13.4 Å². The molecule has 3 N–H and O–H groups in total. The molecule has 0 radical (unpaired) electrons. The Balaban J connectivity index is 2.06. The number of benzene rings is 2. The van der Waals surface area contributed by atoms with Gasteiger partial charge < -0.3 is 10.7 Å². The molecule has 20 heavy (non-hydrogen) atoms. The molecule has 0 fully saturated rings. The number of fused-ring (bicyclic) bond motifs is 1. The van der Waals surface area contributed by atoms with Gasteiger partial charge in [-0.05, 0) is 35.4 Å². The molecule has 0 saturated heterocycles. The summed E-state index contributed by atoms with van der Waals surface area (Å²) in [4.78, 5) is 7.43. The van der Waals surface area contributed by atoms with Crippen LogP contribution in [-0.4, -0.2) is 24.6 Å². The summed E-state index contributed by atoms with van der Waals surface area (Å²) in [6, 6.07) is 12.5. The van der Waals surface area contributed by atoms with Crippen molar-refractivity contribution < 1.29 is 8.42 Å². The number of nitrogens with two attached hydrogens (primary N) is 1. The predicted molar refractivity (Wildman–Crippen MR) is 79.1 cm³/mol. The SMILES string of the molecule is CS(=O)(=O)c1ccc(-c2ccc3nc(N)[nH]c3c2)cc1. The fraction of sp³-hybridized carbons (Fsp3) is 0.0714. The van der Waals surface area contributed by atoms with Gasteiger partial charge in [-0.1, -0.05) is 18.2 Å². The number of sulfone groups is 1. The van der Waals surface area contributed by atoms with E-state index in [1.807, 2.05) is 18.2 Å². The first-order valence-electron chi connectivity index (χ1n) is 5.99. The highest BCUT2D eigenvalue weighted by atomic mass is 32.2. The molecule has 0 atom stereocenters. The summed E-state index contributed by atoms with van der Waals surface area (Å²) in [7, 11) is -3.17. The normalized spacial score (nSPS) is 11.8. The maximum Gasteiger partial charge on any atom is 0.198 e. The molecule has 3 rings (SSSR count). The number of rotatable bonds is 2. The quantitative estimate of drug-likeness (QED) is 0.756. The first-order chi connectivity index (χ1) is 9.43. The van der Waals surface area contributed by atoms with Crippen molar-refractivity contribution in [3.63, 3.8) is 0 Å². The number of nitrogens with zero attached hydrogens (tertiary/aromatic N) is 1. The second-order valence-electron chi connectivity index (χ2n) is 4.65. The summed E-state index contributed by atoms with van der Waals surface area (Å²) in [5.41, 5.74) is 9.18. The average Bonchev–Trinajstić information content (AvgIpc) is 2.77. The molecule has 0 spiro atoms. The minimum absolute atomic E-state index is 0.313. The van der Waals surface area contributed by atoms with Crippen molar-refractivity contribution in [1.82, 2.24) is 9.97 Å². The summed E-state index contributed by atoms with van der Waals surface area (Å²) in [6.07, 6.45) is 1.20. The fourth-order valence-corrected chi connectivity index (χ4v) is 2.73. The van der Waals surface area contributed by atoms with E-state index in [1.54, 1.807) is 24.3 Å². The van der Waals surface area contributed by atoms with E-state index in [2.05, 4.69) is 9.97 Å². The summed E-state index contributed by atoms with van der Waals surface area (Å²) in [5.74, 6) is 0.379. The molecule has 3 aromatic rings. The molecule has 0 amide bonds. The van der Waals surface area contributed by atoms with E-state index >= 15 is 0 Å². The van der Waals surface area contributed by atoms with Crippen LogP contribution in [0, 0.1) is 0 Å². The standard InChI is InChI=1S/C14H13N3O2S/c1-20(18,19)11-5-2-9(3-6-11)10-4-7-12-13(8-10)17-14(15)16-12/h2-8H,1H3,(H3,15,16,17). The number of imidazole rings is 1. The molecule has 0 aliphatic carbocycles. The smallest absolute Gasteiger partial charge is 0.198 e. The molecule has 0 aliphatic rings. The van der Waals surface area contributed by atoms with E-state index in [0.717, 1.165) is 22.2 Å². The van der Waals surface area contributed by atoms with Gasteiger partial charge in [0.1, 0.15) is 0 Å². The van der Waals surface area contributed by atoms with Crippen molar-refractivity contribution in [3.8, 4) is 11.1 Å². The molecule has 1 aromatic heterocycles. The van der Waals surface area contributed by atoms with Crippen molar-refractivity contribution in [2.75, 3.05) is 12.0 Å². The number of hydrogen-bond acceptors (Lipinski definition) is 4. The van der Waals surface area contributed by atoms with Crippen LogP contribution in [0.15, 0.2) is 47.4 Å². The summed E-state index contributed by atoms with van der Waals surface area (Å²) < 4.78 is 22.9. The fourth-order valence-electron chi connectivity index (χ4n) is 2.10. The predicted octanol–water partition coefficient (Wildman–Crippen LogP) is 2.22. The Morgan fingerprint density at radius 3 is 2.35 bits per heavy atom. The number of anilines is 1. The molecule has 0 bridgehead atoms. The van der Waals surface area contributed by atoms with Crippen LogP contribution in [0.5, 0.6) is 0 Å². The molecule has 0 aliphatic heterocycles. The monoisotopic (exact) mass is 287 g/mol. The molecule has 5 nitrogen and oxygen atoms in total. The highest BCUT2D eigenvalue weighted by Crippen LogP contribution is 2.25. The molecule has 0 saturated carbocycles. The Kier molecular flexibility index (Phi) is 2.76. The Morgan fingerprint density at radius 2 is 1.70 bits per heavy atom. The topological polar surface area (TPSA) is 88.8 Å². The number of nitrogen functional groups attached to an aromatic ring is 1. The van der Waals surface area contributed by atoms with E-state index in [0.29, 0.717) is 10.8 Å². The lowest BCUT2D eigenvalue weighted by molar-refractivity contribution is 0.602. The molecule has 2 aromatic carbocycles. The van der Waals surface area contributed by atoms with Crippen molar-refractivity contribution in [2.24, 2.45) is 0 Å². The molecular weight excluding hydrogens is 274 g/mol. The molecular formula is C14H13N3O2S. The lowest BCUT2D eigenvalue weighted by Crippen LogP contribution is -1.96. The van der Waals surface area contributed by atoms with Crippen LogP contribution in [0.25, 0.3) is 22.2 Å². The maximum absolute atomic E-state index is 11.4. The number of H-pyrrole nitrogens is 1. The maximum atomic E-state index is 11.4. The van der Waals surface area contributed by atoms with Crippen molar-refractivity contribution in [1.29, 1.82) is 0 Å². The number of aromatic amines is 1. The minimum atomic E-state index is -3.17. The average molecular weight is 287 g/mol. The van der Waals surface area contributed by atoms with Gasteiger partial charge >= 0.3 is 0 Å². The number of aromatic nitrogens is 2. The van der Waals surface area contributed by atoms with E-state index < -0.39 is 9.84 Å². The van der Waals surface area contributed by atoms with E-state index in [1.165, 1.54) is 6.26 Å². The zero-order chi connectivity index (χ0) is 14.3. The van der Waals surface area contributed by atoms with Crippen LogP contribution in [0.2, 0.25) is 0 Å². The van der Waals surface area contributed by atoms with Crippen LogP contribution >= 0.6 is 0 Å². The van der Waals surface area contributed by atoms with Crippen molar-refractivity contribution >= 4 is 26.8 Å². The van der Waals surface area contributed by atoms with Crippen LogP contribution < -0.4 is 5.73 Å². The summed E-state index contributed by atoms with van der Waals surface area (Å²) >= 11 is 0. The first-order valence-corrected chi connectivity index (χ1v) is 7.88. The van der Waals surface area contributed by atoms with Gasteiger partial charge in [0.05, 0.1) is 15.9 Å². The molecule has 0 unspecified atom stereocenters. The van der Waals surface area contributed by atoms with Crippen LogP contribution in [0.1, 0.15) is 0 Å². The van der Waals surface area contributed by atoms with E-state index in [9.17, 15) is 8.42 Å². The first kappa shape index (κ1) is 12.7. The molecule has 1 heterocycles. The van der Waals surface area contributed by atoms with E-state index in [4.69, 9.17) is 5.73 Å². The van der Waals surface area contributed by atoms with Gasteiger partial charge in [0.25, 0.3) is 0 Å². The van der Waals surface area contributed by atoms with Gasteiger partial charge in [-0.2, -0.15) is 0 Å². The zero-order valence-corrected chi connectivity index (χ0v) is 11.6. The third-order valence-electron chi connectivity index (χ3n) is 3.12. The third kappa shape index (κ3) is 2.25. The van der Waals surface area contributed by atoms with Crippen molar-refractivity contribution in [3.05, 3.63) is 42.5 Å². The van der Waals surface area contributed by atoms with Crippen LogP contribution in [0.3, 0.4) is 0 Å². The van der Waals surface area contributed by atoms with Gasteiger partial charge in [-0.15, -0.1) is 0 Å².